The summed E-state index contributed by atoms with van der Waals surface area (Å²) < 4.78 is 5.91. The van der Waals surface area contributed by atoms with Crippen molar-refractivity contribution >= 4 is 27.9 Å². The highest BCUT2D eigenvalue weighted by atomic mass is 16.3. The molecule has 0 unspecified atom stereocenters. The maximum Gasteiger partial charge on any atom is 0.290 e. The highest BCUT2D eigenvalue weighted by Gasteiger charge is 2.34. The van der Waals surface area contributed by atoms with Crippen molar-refractivity contribution in [3.8, 4) is 0 Å². The number of likely N-dealkylation sites (tertiary alicyclic amines) is 1. The summed E-state index contributed by atoms with van der Waals surface area (Å²) in [5, 5.41) is 0.966. The Morgan fingerprint density at radius 3 is 2.96 bits per heavy atom. The number of amides is 1. The van der Waals surface area contributed by atoms with Crippen LogP contribution < -0.4 is 0 Å². The number of fused-ring (bicyclic) bond motifs is 2. The van der Waals surface area contributed by atoms with Crippen LogP contribution in [0.4, 0.5) is 0 Å². The topological polar surface area (TPSA) is 62.1 Å². The number of carbonyl (C=O) groups excluding carboxylic acids is 1. The van der Waals surface area contributed by atoms with Crippen molar-refractivity contribution in [1.82, 2.24) is 14.9 Å². The van der Waals surface area contributed by atoms with Gasteiger partial charge in [-0.05, 0) is 56.0 Å². The lowest BCUT2D eigenvalue weighted by molar-refractivity contribution is 0.0700. The van der Waals surface area contributed by atoms with Crippen molar-refractivity contribution in [2.24, 2.45) is 0 Å². The molecular weight excluding hydrogens is 338 g/mol. The first kappa shape index (κ1) is 16.1. The normalized spacial score (nSPS) is 17.3. The highest BCUT2D eigenvalue weighted by Crippen LogP contribution is 2.34. The Hall–Kier alpha value is -3.08. The summed E-state index contributed by atoms with van der Waals surface area (Å²) in [7, 11) is 0. The maximum absolute atomic E-state index is 13.2. The van der Waals surface area contributed by atoms with Crippen LogP contribution >= 0.6 is 0 Å². The number of carbonyl (C=O) groups is 1. The van der Waals surface area contributed by atoms with Gasteiger partial charge in [-0.1, -0.05) is 24.3 Å². The van der Waals surface area contributed by atoms with E-state index in [-0.39, 0.29) is 11.9 Å². The first-order valence-electron chi connectivity index (χ1n) is 9.36. The lowest BCUT2D eigenvalue weighted by atomic mass is 10.2. The Bertz CT molecular complexity index is 1170. The smallest absolute Gasteiger partial charge is 0.290 e. The van der Waals surface area contributed by atoms with Crippen molar-refractivity contribution < 1.29 is 9.21 Å². The van der Waals surface area contributed by atoms with Crippen molar-refractivity contribution in [2.45, 2.75) is 32.7 Å². The fourth-order valence-corrected chi connectivity index (χ4v) is 4.05. The summed E-state index contributed by atoms with van der Waals surface area (Å²) in [5.41, 5.74) is 4.97. The Labute approximate surface area is 157 Å². The minimum atomic E-state index is -0.0651. The Morgan fingerprint density at radius 2 is 2.11 bits per heavy atom. The van der Waals surface area contributed by atoms with E-state index < -0.39 is 0 Å². The number of rotatable bonds is 2. The Kier molecular flexibility index (Phi) is 3.57. The predicted octanol–water partition coefficient (Wildman–Crippen LogP) is 4.90. The zero-order chi connectivity index (χ0) is 18.5. The zero-order valence-electron chi connectivity index (χ0n) is 15.5. The van der Waals surface area contributed by atoms with Crippen molar-refractivity contribution in [3.63, 3.8) is 0 Å². The van der Waals surface area contributed by atoms with Crippen LogP contribution in [-0.2, 0) is 0 Å². The minimum absolute atomic E-state index is 0.0421. The number of nitrogens with zero attached hydrogens (tertiary/aromatic N) is 2. The molecular formula is C22H21N3O2. The third-order valence-corrected chi connectivity index (χ3v) is 5.44. The Morgan fingerprint density at radius 1 is 1.22 bits per heavy atom. The van der Waals surface area contributed by atoms with Crippen LogP contribution in [0, 0.1) is 13.8 Å². The summed E-state index contributed by atoms with van der Waals surface area (Å²) in [6, 6.07) is 13.9. The molecule has 0 saturated carbocycles. The highest BCUT2D eigenvalue weighted by molar-refractivity contribution is 5.97. The monoisotopic (exact) mass is 359 g/mol. The number of furan rings is 1. The molecule has 5 rings (SSSR count). The van der Waals surface area contributed by atoms with Crippen molar-refractivity contribution in [1.29, 1.82) is 0 Å². The van der Waals surface area contributed by atoms with Crippen LogP contribution in [0.15, 0.2) is 46.9 Å². The third kappa shape index (κ3) is 2.62. The van der Waals surface area contributed by atoms with Gasteiger partial charge in [-0.25, -0.2) is 4.98 Å². The molecule has 1 fully saturated rings. The first-order valence-corrected chi connectivity index (χ1v) is 9.36. The second-order valence-electron chi connectivity index (χ2n) is 7.40. The Balaban J connectivity index is 1.50. The first-order chi connectivity index (χ1) is 13.1. The van der Waals surface area contributed by atoms with E-state index in [1.165, 1.54) is 5.56 Å². The van der Waals surface area contributed by atoms with E-state index in [1.807, 2.05) is 42.2 Å². The fourth-order valence-electron chi connectivity index (χ4n) is 4.05. The van der Waals surface area contributed by atoms with Crippen molar-refractivity contribution in [3.05, 3.63) is 65.2 Å². The number of para-hydroxylation sites is 1. The quantitative estimate of drug-likeness (QED) is 0.553. The van der Waals surface area contributed by atoms with E-state index in [4.69, 9.17) is 9.40 Å². The maximum atomic E-state index is 13.2. The van der Waals surface area contributed by atoms with E-state index in [9.17, 15) is 4.79 Å². The van der Waals surface area contributed by atoms with Crippen molar-refractivity contribution in [2.75, 3.05) is 6.54 Å². The number of imidazole rings is 1. The van der Waals surface area contributed by atoms with Gasteiger partial charge >= 0.3 is 0 Å². The van der Waals surface area contributed by atoms with Gasteiger partial charge in [-0.15, -0.1) is 0 Å². The van der Waals surface area contributed by atoms with E-state index in [0.29, 0.717) is 5.76 Å². The van der Waals surface area contributed by atoms with Gasteiger partial charge in [0.05, 0.1) is 17.1 Å². The molecule has 0 radical (unpaired) electrons. The molecule has 0 bridgehead atoms. The molecule has 1 amide bonds. The number of nitrogens with one attached hydrogen (secondary N) is 1. The molecule has 5 nitrogen and oxygen atoms in total. The molecule has 1 aliphatic heterocycles. The van der Waals surface area contributed by atoms with E-state index in [2.05, 4.69) is 24.0 Å². The molecule has 27 heavy (non-hydrogen) atoms. The third-order valence-electron chi connectivity index (χ3n) is 5.44. The summed E-state index contributed by atoms with van der Waals surface area (Å²) >= 11 is 0. The molecule has 1 N–H and O–H groups in total. The van der Waals surface area contributed by atoms with E-state index in [1.54, 1.807) is 0 Å². The molecule has 136 valence electrons. The van der Waals surface area contributed by atoms with Gasteiger partial charge in [0.15, 0.2) is 5.76 Å². The summed E-state index contributed by atoms with van der Waals surface area (Å²) in [6.07, 6.45) is 1.87. The average molecular weight is 359 g/mol. The molecule has 5 heteroatoms. The van der Waals surface area contributed by atoms with E-state index in [0.717, 1.165) is 52.8 Å². The van der Waals surface area contributed by atoms with Gasteiger partial charge in [0.2, 0.25) is 0 Å². The molecule has 3 heterocycles. The van der Waals surface area contributed by atoms with E-state index >= 15 is 0 Å². The van der Waals surface area contributed by atoms with Crippen LogP contribution in [0.3, 0.4) is 0 Å². The minimum Gasteiger partial charge on any atom is -0.451 e. The molecule has 4 aromatic rings. The van der Waals surface area contributed by atoms with Gasteiger partial charge in [0.25, 0.3) is 5.91 Å². The predicted molar refractivity (Wildman–Crippen MR) is 105 cm³/mol. The van der Waals surface area contributed by atoms with Crippen LogP contribution in [0.2, 0.25) is 0 Å². The number of hydrogen-bond donors (Lipinski definition) is 1. The number of aromatic amines is 1. The van der Waals surface area contributed by atoms with Crippen LogP contribution in [0.25, 0.3) is 22.0 Å². The zero-order valence-corrected chi connectivity index (χ0v) is 15.5. The molecule has 0 spiro atoms. The molecule has 1 atom stereocenters. The molecule has 0 aliphatic carbocycles. The molecule has 2 aromatic carbocycles. The van der Waals surface area contributed by atoms with Crippen LogP contribution in [-0.4, -0.2) is 27.3 Å². The lowest BCUT2D eigenvalue weighted by Gasteiger charge is -2.22. The van der Waals surface area contributed by atoms with Gasteiger partial charge in [0, 0.05) is 11.9 Å². The second-order valence-corrected chi connectivity index (χ2v) is 7.40. The number of aryl methyl sites for hydroxylation is 2. The number of benzene rings is 2. The summed E-state index contributed by atoms with van der Waals surface area (Å²) in [4.78, 5) is 23.2. The van der Waals surface area contributed by atoms with Gasteiger partial charge in [0.1, 0.15) is 11.4 Å². The standard InChI is InChI=1S/C22H21N3O2/c1-13-8-9-16-17(11-13)24-21(23-16)18-7-4-10-25(18)22(26)19-12-15-6-3-5-14(2)20(15)27-19/h3,5-6,8-9,11-12,18H,4,7,10H2,1-2H3,(H,23,24)/t18-/m1/s1. The lowest BCUT2D eigenvalue weighted by Crippen LogP contribution is -2.30. The van der Waals surface area contributed by atoms with Gasteiger partial charge in [-0.3, -0.25) is 4.79 Å². The van der Waals surface area contributed by atoms with Crippen LogP contribution in [0.5, 0.6) is 0 Å². The number of H-pyrrole nitrogens is 1. The second kappa shape index (κ2) is 5.98. The summed E-state index contributed by atoms with van der Waals surface area (Å²) in [6.45, 7) is 4.78. The fraction of sp³-hybridized carbons (Fsp3) is 0.273. The van der Waals surface area contributed by atoms with Gasteiger partial charge < -0.3 is 14.3 Å². The number of aromatic nitrogens is 2. The van der Waals surface area contributed by atoms with Gasteiger partial charge in [-0.2, -0.15) is 0 Å². The number of hydrogen-bond acceptors (Lipinski definition) is 3. The van der Waals surface area contributed by atoms with Crippen LogP contribution in [0.1, 0.15) is 46.4 Å². The average Bonchev–Trinajstić information content (AvgIpc) is 3.38. The largest absolute Gasteiger partial charge is 0.451 e. The summed E-state index contributed by atoms with van der Waals surface area (Å²) in [5.74, 6) is 1.19. The molecule has 1 aliphatic rings. The SMILES string of the molecule is Cc1ccc2nc([C@H]3CCCN3C(=O)c3cc4cccc(C)c4o3)[nH]c2c1. The molecule has 1 saturated heterocycles. The molecule has 2 aromatic heterocycles.